The van der Waals surface area contributed by atoms with Crippen LogP contribution in [-0.2, 0) is 11.2 Å². The smallest absolute Gasteiger partial charge is 0.224 e. The van der Waals surface area contributed by atoms with Gasteiger partial charge in [0.2, 0.25) is 5.91 Å². The zero-order valence-corrected chi connectivity index (χ0v) is 19.2. The molecule has 5 rings (SSSR count). The Kier molecular flexibility index (Phi) is 6.84. The SMILES string of the molecule is O=C(CCCN1CCN(C2CCc3ccccc32)CC1)Nc1ccc(-c2ccccc2)cc1. The van der Waals surface area contributed by atoms with Gasteiger partial charge in [0.25, 0.3) is 0 Å². The van der Waals surface area contributed by atoms with Crippen molar-refractivity contribution in [1.82, 2.24) is 9.80 Å². The summed E-state index contributed by atoms with van der Waals surface area (Å²) in [6.45, 7) is 5.44. The predicted molar refractivity (Wildman–Crippen MR) is 135 cm³/mol. The largest absolute Gasteiger partial charge is 0.326 e. The summed E-state index contributed by atoms with van der Waals surface area (Å²) in [6.07, 6.45) is 3.94. The molecule has 170 valence electrons. The Morgan fingerprint density at radius 2 is 1.52 bits per heavy atom. The fourth-order valence-electron chi connectivity index (χ4n) is 5.28. The molecule has 1 unspecified atom stereocenters. The molecule has 0 aromatic heterocycles. The number of hydrogen-bond donors (Lipinski definition) is 1. The van der Waals surface area contributed by atoms with E-state index in [1.165, 1.54) is 24.0 Å². The number of aryl methyl sites for hydroxylation is 1. The van der Waals surface area contributed by atoms with E-state index in [4.69, 9.17) is 0 Å². The zero-order chi connectivity index (χ0) is 22.5. The summed E-state index contributed by atoms with van der Waals surface area (Å²) in [5.41, 5.74) is 6.29. The van der Waals surface area contributed by atoms with E-state index in [0.717, 1.165) is 50.4 Å². The molecule has 1 saturated heterocycles. The normalized spacial score (nSPS) is 18.7. The Labute approximate surface area is 197 Å². The maximum absolute atomic E-state index is 12.4. The fraction of sp³-hybridized carbons (Fsp3) is 0.345. The predicted octanol–water partition coefficient (Wildman–Crippen LogP) is 5.38. The number of rotatable bonds is 7. The first-order valence-corrected chi connectivity index (χ1v) is 12.3. The molecule has 1 heterocycles. The molecule has 2 aliphatic rings. The first-order chi connectivity index (χ1) is 16.3. The molecule has 1 aliphatic carbocycles. The Hall–Kier alpha value is -2.95. The van der Waals surface area contributed by atoms with E-state index in [1.54, 1.807) is 5.56 Å². The van der Waals surface area contributed by atoms with E-state index < -0.39 is 0 Å². The molecular formula is C29H33N3O. The second-order valence-electron chi connectivity index (χ2n) is 9.23. The Morgan fingerprint density at radius 3 is 2.30 bits per heavy atom. The number of nitrogens with one attached hydrogen (secondary N) is 1. The second-order valence-corrected chi connectivity index (χ2v) is 9.23. The summed E-state index contributed by atoms with van der Waals surface area (Å²) in [6, 6.07) is 27.9. The van der Waals surface area contributed by atoms with Crippen LogP contribution in [0.1, 0.15) is 36.4 Å². The van der Waals surface area contributed by atoms with Gasteiger partial charge in [-0.25, -0.2) is 0 Å². The van der Waals surface area contributed by atoms with Gasteiger partial charge in [-0.1, -0.05) is 66.7 Å². The minimum absolute atomic E-state index is 0.101. The third-order valence-electron chi connectivity index (χ3n) is 7.10. The summed E-state index contributed by atoms with van der Waals surface area (Å²) in [5, 5.41) is 3.05. The Bertz CT molecular complexity index is 1060. The van der Waals surface area contributed by atoms with Crippen molar-refractivity contribution in [2.75, 3.05) is 38.0 Å². The molecule has 4 heteroatoms. The van der Waals surface area contributed by atoms with Gasteiger partial charge in [-0.2, -0.15) is 0 Å². The van der Waals surface area contributed by atoms with Crippen molar-refractivity contribution in [3.8, 4) is 11.1 Å². The highest BCUT2D eigenvalue weighted by Crippen LogP contribution is 2.35. The highest BCUT2D eigenvalue weighted by atomic mass is 16.1. The number of nitrogens with zero attached hydrogens (tertiary/aromatic N) is 2. The van der Waals surface area contributed by atoms with Crippen LogP contribution >= 0.6 is 0 Å². The lowest BCUT2D eigenvalue weighted by atomic mass is 10.1. The maximum Gasteiger partial charge on any atom is 0.224 e. The second kappa shape index (κ2) is 10.3. The van der Waals surface area contributed by atoms with Gasteiger partial charge in [0.1, 0.15) is 0 Å². The molecule has 33 heavy (non-hydrogen) atoms. The third-order valence-corrected chi connectivity index (χ3v) is 7.10. The van der Waals surface area contributed by atoms with Gasteiger partial charge in [-0.3, -0.25) is 9.69 Å². The van der Waals surface area contributed by atoms with Crippen LogP contribution in [-0.4, -0.2) is 48.4 Å². The topological polar surface area (TPSA) is 35.6 Å². The van der Waals surface area contributed by atoms with Crippen LogP contribution in [0.25, 0.3) is 11.1 Å². The highest BCUT2D eigenvalue weighted by Gasteiger charge is 2.29. The van der Waals surface area contributed by atoms with Crippen molar-refractivity contribution in [3.63, 3.8) is 0 Å². The van der Waals surface area contributed by atoms with Gasteiger partial charge >= 0.3 is 0 Å². The highest BCUT2D eigenvalue weighted by molar-refractivity contribution is 5.91. The van der Waals surface area contributed by atoms with Gasteiger partial charge < -0.3 is 10.2 Å². The molecule has 1 amide bonds. The Morgan fingerprint density at radius 1 is 0.818 bits per heavy atom. The van der Waals surface area contributed by atoms with Crippen LogP contribution in [0.5, 0.6) is 0 Å². The number of carbonyl (C=O) groups excluding carboxylic acids is 1. The molecule has 1 N–H and O–H groups in total. The van der Waals surface area contributed by atoms with Crippen LogP contribution < -0.4 is 5.32 Å². The third kappa shape index (κ3) is 5.35. The lowest BCUT2D eigenvalue weighted by molar-refractivity contribution is -0.116. The molecule has 1 fully saturated rings. The minimum atomic E-state index is 0.101. The summed E-state index contributed by atoms with van der Waals surface area (Å²) in [5.74, 6) is 0.101. The molecule has 0 bridgehead atoms. The number of carbonyl (C=O) groups is 1. The van der Waals surface area contributed by atoms with Crippen molar-refractivity contribution in [1.29, 1.82) is 0 Å². The number of amides is 1. The summed E-state index contributed by atoms with van der Waals surface area (Å²) in [4.78, 5) is 17.6. The molecule has 1 aliphatic heterocycles. The zero-order valence-electron chi connectivity index (χ0n) is 19.2. The molecule has 0 radical (unpaired) electrons. The van der Waals surface area contributed by atoms with Crippen molar-refractivity contribution in [2.45, 2.75) is 31.7 Å². The molecule has 0 saturated carbocycles. The van der Waals surface area contributed by atoms with Crippen molar-refractivity contribution < 1.29 is 4.79 Å². The molecule has 3 aromatic carbocycles. The average Bonchev–Trinajstić information content (AvgIpc) is 3.30. The van der Waals surface area contributed by atoms with Crippen LogP contribution in [0.2, 0.25) is 0 Å². The molecular weight excluding hydrogens is 406 g/mol. The van der Waals surface area contributed by atoms with Crippen LogP contribution in [0.15, 0.2) is 78.9 Å². The monoisotopic (exact) mass is 439 g/mol. The van der Waals surface area contributed by atoms with Gasteiger partial charge in [0, 0.05) is 44.3 Å². The lowest BCUT2D eigenvalue weighted by Crippen LogP contribution is -2.47. The van der Waals surface area contributed by atoms with Crippen molar-refractivity contribution in [3.05, 3.63) is 90.0 Å². The number of benzene rings is 3. The van der Waals surface area contributed by atoms with E-state index in [9.17, 15) is 4.79 Å². The van der Waals surface area contributed by atoms with E-state index in [0.29, 0.717) is 12.5 Å². The van der Waals surface area contributed by atoms with Crippen molar-refractivity contribution in [2.24, 2.45) is 0 Å². The van der Waals surface area contributed by atoms with Crippen LogP contribution in [0, 0.1) is 0 Å². The van der Waals surface area contributed by atoms with E-state index >= 15 is 0 Å². The van der Waals surface area contributed by atoms with Crippen molar-refractivity contribution >= 4 is 11.6 Å². The number of hydrogen-bond acceptors (Lipinski definition) is 3. The van der Waals surface area contributed by atoms with E-state index in [-0.39, 0.29) is 5.91 Å². The first-order valence-electron chi connectivity index (χ1n) is 12.3. The quantitative estimate of drug-likeness (QED) is 0.537. The fourth-order valence-corrected chi connectivity index (χ4v) is 5.28. The first kappa shape index (κ1) is 21.9. The van der Waals surface area contributed by atoms with Gasteiger partial charge in [-0.05, 0) is 60.2 Å². The average molecular weight is 440 g/mol. The number of fused-ring (bicyclic) bond motifs is 1. The maximum atomic E-state index is 12.4. The van der Waals surface area contributed by atoms with Gasteiger partial charge in [0.15, 0.2) is 0 Å². The molecule has 3 aromatic rings. The van der Waals surface area contributed by atoms with E-state index in [2.05, 4.69) is 63.6 Å². The van der Waals surface area contributed by atoms with Gasteiger partial charge in [-0.15, -0.1) is 0 Å². The summed E-state index contributed by atoms with van der Waals surface area (Å²) >= 11 is 0. The number of anilines is 1. The lowest BCUT2D eigenvalue weighted by Gasteiger charge is -2.38. The summed E-state index contributed by atoms with van der Waals surface area (Å²) in [7, 11) is 0. The van der Waals surface area contributed by atoms with Gasteiger partial charge in [0.05, 0.1) is 0 Å². The standard InChI is InChI=1S/C29H33N3O/c33-29(30-26-15-12-24(13-16-26)23-7-2-1-3-8-23)11-6-18-31-19-21-32(22-20-31)28-17-14-25-9-4-5-10-27(25)28/h1-5,7-10,12-13,15-16,28H,6,11,14,17-22H2,(H,30,33). The number of piperazine rings is 1. The minimum Gasteiger partial charge on any atom is -0.326 e. The molecule has 1 atom stereocenters. The molecule has 0 spiro atoms. The van der Waals surface area contributed by atoms with Crippen LogP contribution in [0.4, 0.5) is 5.69 Å². The van der Waals surface area contributed by atoms with E-state index in [1.807, 2.05) is 30.3 Å². The van der Waals surface area contributed by atoms with Crippen LogP contribution in [0.3, 0.4) is 0 Å². The molecule has 4 nitrogen and oxygen atoms in total. The Balaban J connectivity index is 1.03. The summed E-state index contributed by atoms with van der Waals surface area (Å²) < 4.78 is 0.